The van der Waals surface area contributed by atoms with Gasteiger partial charge in [-0.25, -0.2) is 0 Å². The molecule has 0 fully saturated rings. The van der Waals surface area contributed by atoms with Crippen LogP contribution in [0.2, 0.25) is 0 Å². The Morgan fingerprint density at radius 1 is 1.36 bits per heavy atom. The Kier molecular flexibility index (Phi) is 2.13. The first-order valence-corrected chi connectivity index (χ1v) is 4.25. The first-order chi connectivity index (χ1) is 6.83. The minimum Gasteiger partial charge on any atom is -0.496 e. The van der Waals surface area contributed by atoms with E-state index in [1.807, 2.05) is 18.2 Å². The van der Waals surface area contributed by atoms with Crippen LogP contribution in [0.4, 0.5) is 0 Å². The van der Waals surface area contributed by atoms with E-state index in [1.54, 1.807) is 14.2 Å². The number of benzene rings is 1. The summed E-state index contributed by atoms with van der Waals surface area (Å²) in [5.74, 6) is 0.712. The number of nitrogens with zero attached hydrogens (tertiary/aromatic N) is 1. The molecule has 0 bridgehead atoms. The monoisotopic (exact) mass is 193 g/mol. The third-order valence-electron chi connectivity index (χ3n) is 2.41. The van der Waals surface area contributed by atoms with Crippen molar-refractivity contribution in [2.45, 2.75) is 6.10 Å². The molecule has 1 aliphatic carbocycles. The molecule has 0 heterocycles. The van der Waals surface area contributed by atoms with E-state index in [1.165, 1.54) is 0 Å². The van der Waals surface area contributed by atoms with Crippen LogP contribution in [-0.2, 0) is 4.74 Å². The van der Waals surface area contributed by atoms with Gasteiger partial charge in [0, 0.05) is 7.11 Å². The molecule has 0 radical (unpaired) electrons. The molecule has 0 spiro atoms. The number of hydrogen-bond acceptors (Lipinski definition) is 4. The topological polar surface area (TPSA) is 51.0 Å². The summed E-state index contributed by atoms with van der Waals surface area (Å²) in [5.41, 5.74) is 2.36. The lowest BCUT2D eigenvalue weighted by molar-refractivity contribution is 0.144. The van der Waals surface area contributed by atoms with Gasteiger partial charge in [0.2, 0.25) is 0 Å². The molecule has 4 nitrogen and oxygen atoms in total. The molecule has 1 N–H and O–H groups in total. The van der Waals surface area contributed by atoms with Crippen molar-refractivity contribution in [2.24, 2.45) is 5.16 Å². The minimum absolute atomic E-state index is 0.231. The number of rotatable bonds is 2. The van der Waals surface area contributed by atoms with E-state index in [-0.39, 0.29) is 6.10 Å². The summed E-state index contributed by atoms with van der Waals surface area (Å²) < 4.78 is 10.3. The van der Waals surface area contributed by atoms with Crippen LogP contribution in [0.3, 0.4) is 0 Å². The van der Waals surface area contributed by atoms with Crippen molar-refractivity contribution >= 4 is 5.71 Å². The predicted octanol–water partition coefficient (Wildman–Crippen LogP) is 1.57. The highest BCUT2D eigenvalue weighted by Gasteiger charge is 2.37. The average Bonchev–Trinajstić information content (AvgIpc) is 2.20. The van der Waals surface area contributed by atoms with Gasteiger partial charge in [0.1, 0.15) is 17.6 Å². The summed E-state index contributed by atoms with van der Waals surface area (Å²) in [6.45, 7) is 0. The third-order valence-corrected chi connectivity index (χ3v) is 2.41. The van der Waals surface area contributed by atoms with Crippen LogP contribution < -0.4 is 4.74 Å². The molecule has 14 heavy (non-hydrogen) atoms. The predicted molar refractivity (Wildman–Crippen MR) is 51.1 cm³/mol. The first-order valence-electron chi connectivity index (χ1n) is 4.25. The van der Waals surface area contributed by atoms with Crippen LogP contribution in [0.25, 0.3) is 0 Å². The van der Waals surface area contributed by atoms with Gasteiger partial charge in [-0.2, -0.15) is 0 Å². The zero-order valence-electron chi connectivity index (χ0n) is 8.02. The van der Waals surface area contributed by atoms with Gasteiger partial charge in [-0.15, -0.1) is 0 Å². The summed E-state index contributed by atoms with van der Waals surface area (Å²) >= 11 is 0. The van der Waals surface area contributed by atoms with E-state index in [0.29, 0.717) is 11.5 Å². The Balaban J connectivity index is 2.53. The van der Waals surface area contributed by atoms with Crippen LogP contribution in [0, 0.1) is 0 Å². The van der Waals surface area contributed by atoms with Gasteiger partial charge in [0.15, 0.2) is 0 Å². The van der Waals surface area contributed by atoms with E-state index in [9.17, 15) is 0 Å². The second-order valence-corrected chi connectivity index (χ2v) is 3.03. The number of fused-ring (bicyclic) bond motifs is 1. The van der Waals surface area contributed by atoms with Gasteiger partial charge >= 0.3 is 0 Å². The van der Waals surface area contributed by atoms with Gasteiger partial charge < -0.3 is 14.7 Å². The number of methoxy groups -OCH3 is 2. The summed E-state index contributed by atoms with van der Waals surface area (Å²) in [4.78, 5) is 0. The maximum Gasteiger partial charge on any atom is 0.129 e. The highest BCUT2D eigenvalue weighted by atomic mass is 16.5. The third kappa shape index (κ3) is 1.01. The van der Waals surface area contributed by atoms with E-state index >= 15 is 0 Å². The molecule has 0 saturated heterocycles. The second-order valence-electron chi connectivity index (χ2n) is 3.03. The van der Waals surface area contributed by atoms with Crippen LogP contribution >= 0.6 is 0 Å². The van der Waals surface area contributed by atoms with Crippen molar-refractivity contribution in [1.29, 1.82) is 0 Å². The zero-order valence-corrected chi connectivity index (χ0v) is 8.02. The fourth-order valence-electron chi connectivity index (χ4n) is 1.75. The van der Waals surface area contributed by atoms with Gasteiger partial charge in [-0.3, -0.25) is 0 Å². The fourth-order valence-corrected chi connectivity index (χ4v) is 1.75. The molecule has 74 valence electrons. The summed E-state index contributed by atoms with van der Waals surface area (Å²) in [6.07, 6.45) is -0.231. The molecule has 1 aromatic carbocycles. The second kappa shape index (κ2) is 3.31. The van der Waals surface area contributed by atoms with Gasteiger partial charge in [-0.05, 0) is 11.6 Å². The molecule has 0 aliphatic heterocycles. The average molecular weight is 193 g/mol. The SMILES string of the molecule is COc1cccc2c1/C(=N\O)C2OC. The summed E-state index contributed by atoms with van der Waals surface area (Å²) in [5, 5.41) is 12.0. The standard InChI is InChI=1S/C10H11NO3/c1-13-7-5-3-4-6-8(7)9(11-12)10(6)14-2/h3-5,10,12H,1-2H3/b11-9+. The molecular formula is C10H11NO3. The van der Waals surface area contributed by atoms with Crippen molar-refractivity contribution < 1.29 is 14.7 Å². The summed E-state index contributed by atoms with van der Waals surface area (Å²) in [6, 6.07) is 5.65. The smallest absolute Gasteiger partial charge is 0.129 e. The number of hydrogen-bond donors (Lipinski definition) is 1. The number of oxime groups is 1. The summed E-state index contributed by atoms with van der Waals surface area (Å²) in [7, 11) is 3.17. The first kappa shape index (κ1) is 9.02. The Morgan fingerprint density at radius 3 is 2.71 bits per heavy atom. The van der Waals surface area contributed by atoms with E-state index in [0.717, 1.165) is 11.1 Å². The molecule has 0 amide bonds. The Bertz CT molecular complexity index is 387. The molecule has 2 rings (SSSR count). The maximum atomic E-state index is 8.81. The Morgan fingerprint density at radius 2 is 2.14 bits per heavy atom. The van der Waals surface area contributed by atoms with Crippen LogP contribution in [-0.4, -0.2) is 25.1 Å². The lowest BCUT2D eigenvalue weighted by Gasteiger charge is -2.30. The van der Waals surface area contributed by atoms with Crippen LogP contribution in [0.1, 0.15) is 17.2 Å². The molecule has 1 aromatic rings. The molecule has 0 saturated carbocycles. The largest absolute Gasteiger partial charge is 0.496 e. The molecular weight excluding hydrogens is 182 g/mol. The molecule has 0 aromatic heterocycles. The fraction of sp³-hybridized carbons (Fsp3) is 0.300. The Hall–Kier alpha value is -1.55. The maximum absolute atomic E-state index is 8.81. The molecule has 4 heteroatoms. The van der Waals surface area contributed by atoms with Crippen molar-refractivity contribution in [1.82, 2.24) is 0 Å². The van der Waals surface area contributed by atoms with Gasteiger partial charge in [0.05, 0.1) is 12.7 Å². The lowest BCUT2D eigenvalue weighted by Crippen LogP contribution is -2.29. The lowest BCUT2D eigenvalue weighted by atomic mass is 9.82. The number of ether oxygens (including phenoxy) is 2. The molecule has 1 unspecified atom stereocenters. The van der Waals surface area contributed by atoms with Gasteiger partial charge in [0.25, 0.3) is 0 Å². The molecule has 1 atom stereocenters. The van der Waals surface area contributed by atoms with Crippen LogP contribution in [0.5, 0.6) is 5.75 Å². The van der Waals surface area contributed by atoms with E-state index < -0.39 is 0 Å². The van der Waals surface area contributed by atoms with E-state index in [4.69, 9.17) is 14.7 Å². The van der Waals surface area contributed by atoms with Crippen LogP contribution in [0.15, 0.2) is 23.4 Å². The van der Waals surface area contributed by atoms with E-state index in [2.05, 4.69) is 5.16 Å². The quantitative estimate of drug-likeness (QED) is 0.573. The molecule has 1 aliphatic rings. The van der Waals surface area contributed by atoms with Crippen molar-refractivity contribution in [2.75, 3.05) is 14.2 Å². The Labute approximate surface area is 81.8 Å². The highest BCUT2D eigenvalue weighted by Crippen LogP contribution is 2.41. The highest BCUT2D eigenvalue weighted by molar-refractivity contribution is 6.14. The van der Waals surface area contributed by atoms with Crippen molar-refractivity contribution in [3.63, 3.8) is 0 Å². The normalized spacial score (nSPS) is 21.6. The van der Waals surface area contributed by atoms with Crippen molar-refractivity contribution in [3.8, 4) is 5.75 Å². The zero-order chi connectivity index (χ0) is 10.1. The van der Waals surface area contributed by atoms with Gasteiger partial charge in [-0.1, -0.05) is 17.3 Å². The minimum atomic E-state index is -0.231. The van der Waals surface area contributed by atoms with Crippen molar-refractivity contribution in [3.05, 3.63) is 29.3 Å².